The third-order valence-electron chi connectivity index (χ3n) is 0.867. The highest BCUT2D eigenvalue weighted by Gasteiger charge is 2.08. The molecule has 3 nitrogen and oxygen atoms in total. The summed E-state index contributed by atoms with van der Waals surface area (Å²) in [4.78, 5) is 7.77. The van der Waals surface area contributed by atoms with Gasteiger partial charge in [-0.25, -0.2) is 4.99 Å². The van der Waals surface area contributed by atoms with Gasteiger partial charge in [0.15, 0.2) is 0 Å². The van der Waals surface area contributed by atoms with Crippen LogP contribution in [0.3, 0.4) is 0 Å². The van der Waals surface area contributed by atoms with Gasteiger partial charge < -0.3 is 5.41 Å². The summed E-state index contributed by atoms with van der Waals surface area (Å²) in [5, 5.41) is 6.95. The second-order valence-electron chi connectivity index (χ2n) is 2.29. The first-order chi connectivity index (χ1) is 4.62. The normalized spacial score (nSPS) is 13.1. The highest BCUT2D eigenvalue weighted by molar-refractivity contribution is 14.1. The maximum Gasteiger partial charge on any atom is 0.111 e. The minimum absolute atomic E-state index is 0.414. The Morgan fingerprint density at radius 2 is 2.10 bits per heavy atom. The van der Waals surface area contributed by atoms with Gasteiger partial charge in [0.25, 0.3) is 0 Å². The number of halogens is 1. The summed E-state index contributed by atoms with van der Waals surface area (Å²) in [6, 6.07) is 0. The summed E-state index contributed by atoms with van der Waals surface area (Å²) < 4.78 is 1.63. The van der Waals surface area contributed by atoms with E-state index in [4.69, 9.17) is 5.41 Å². The molecule has 0 aliphatic carbocycles. The molecule has 0 saturated heterocycles. The molecule has 0 aromatic rings. The van der Waals surface area contributed by atoms with E-state index in [9.17, 15) is 0 Å². The molecule has 10 heavy (non-hydrogen) atoms. The smallest absolute Gasteiger partial charge is 0.111 e. The van der Waals surface area contributed by atoms with Gasteiger partial charge >= 0.3 is 0 Å². The zero-order valence-electron chi connectivity index (χ0n) is 6.00. The van der Waals surface area contributed by atoms with E-state index < -0.39 is 5.54 Å². The van der Waals surface area contributed by atoms with Crippen LogP contribution in [0.15, 0.2) is 9.98 Å². The Hall–Kier alpha value is -0.260. The molecule has 0 rings (SSSR count). The summed E-state index contributed by atoms with van der Waals surface area (Å²) in [5.41, 5.74) is -0.414. The van der Waals surface area contributed by atoms with E-state index in [2.05, 4.69) is 9.98 Å². The zero-order chi connectivity index (χ0) is 8.04. The first-order valence-electron chi connectivity index (χ1n) is 2.79. The summed E-state index contributed by atoms with van der Waals surface area (Å²) >= 11 is 2.01. The fraction of sp³-hybridized carbons (Fsp3) is 0.500. The molecule has 0 unspecified atom stereocenters. The lowest BCUT2D eigenvalue weighted by Gasteiger charge is -2.09. The lowest BCUT2D eigenvalue weighted by molar-refractivity contribution is 0.717. The average molecular weight is 251 g/mol. The van der Waals surface area contributed by atoms with Crippen LogP contribution in [0.2, 0.25) is 0 Å². The van der Waals surface area contributed by atoms with E-state index in [0.29, 0.717) is 0 Å². The Labute approximate surface area is 74.3 Å². The lowest BCUT2D eigenvalue weighted by Crippen LogP contribution is -2.17. The number of hydrogen-bond acceptors (Lipinski definition) is 2. The van der Waals surface area contributed by atoms with Gasteiger partial charge in [-0.15, -0.1) is 0 Å². The Bertz CT molecular complexity index is 160. The quantitative estimate of drug-likeness (QED) is 0.452. The number of aliphatic imine (C=N–C) groups is 2. The van der Waals surface area contributed by atoms with Crippen LogP contribution >= 0.6 is 22.6 Å². The fourth-order valence-corrected chi connectivity index (χ4v) is 0.388. The zero-order valence-corrected chi connectivity index (χ0v) is 8.16. The Morgan fingerprint density at radius 3 is 2.50 bits per heavy atom. The average Bonchev–Trinajstić information content (AvgIpc) is 1.89. The van der Waals surface area contributed by atoms with Crippen LogP contribution < -0.4 is 0 Å². The first-order valence-corrected chi connectivity index (χ1v) is 4.04. The predicted molar refractivity (Wildman–Crippen MR) is 53.9 cm³/mol. The Balaban J connectivity index is 3.98. The van der Waals surface area contributed by atoms with Crippen molar-refractivity contribution in [1.29, 1.82) is 5.41 Å². The lowest BCUT2D eigenvalue weighted by atomic mass is 10.1. The molecule has 0 heterocycles. The van der Waals surface area contributed by atoms with Crippen molar-refractivity contribution in [1.82, 2.24) is 0 Å². The molecule has 0 aliphatic heterocycles. The fourth-order valence-electron chi connectivity index (χ4n) is 0.245. The highest BCUT2D eigenvalue weighted by Crippen LogP contribution is 2.02. The van der Waals surface area contributed by atoms with Crippen molar-refractivity contribution in [3.63, 3.8) is 0 Å². The van der Waals surface area contributed by atoms with Crippen molar-refractivity contribution in [2.75, 3.05) is 0 Å². The van der Waals surface area contributed by atoms with Crippen molar-refractivity contribution in [2.45, 2.75) is 19.4 Å². The van der Waals surface area contributed by atoms with Gasteiger partial charge in [-0.2, -0.15) is 0 Å². The van der Waals surface area contributed by atoms with Crippen molar-refractivity contribution < 1.29 is 0 Å². The van der Waals surface area contributed by atoms with Crippen molar-refractivity contribution in [3.05, 3.63) is 0 Å². The van der Waals surface area contributed by atoms with Crippen LogP contribution in [0.5, 0.6) is 0 Å². The molecular formula is C6H10IN3. The van der Waals surface area contributed by atoms with Crippen LogP contribution in [0, 0.1) is 5.41 Å². The van der Waals surface area contributed by atoms with E-state index >= 15 is 0 Å². The summed E-state index contributed by atoms with van der Waals surface area (Å²) in [6.45, 7) is 3.69. The van der Waals surface area contributed by atoms with Gasteiger partial charge in [0.1, 0.15) is 6.34 Å². The molecule has 56 valence electrons. The van der Waals surface area contributed by atoms with E-state index in [1.54, 1.807) is 4.22 Å². The summed E-state index contributed by atoms with van der Waals surface area (Å²) in [5.74, 6) is 0. The Kier molecular flexibility index (Phi) is 4.42. The molecule has 0 spiro atoms. The van der Waals surface area contributed by atoms with Crippen LogP contribution in [-0.4, -0.2) is 22.3 Å². The molecule has 0 bridgehead atoms. The molecule has 4 heteroatoms. The summed E-state index contributed by atoms with van der Waals surface area (Å²) in [7, 11) is 0. The van der Waals surface area contributed by atoms with Crippen LogP contribution in [0.4, 0.5) is 0 Å². The van der Waals surface area contributed by atoms with Gasteiger partial charge in [-0.05, 0) is 36.4 Å². The minimum Gasteiger partial charge on any atom is -0.311 e. The topological polar surface area (TPSA) is 48.6 Å². The molecule has 1 N–H and O–H groups in total. The molecule has 0 fully saturated rings. The van der Waals surface area contributed by atoms with Crippen molar-refractivity contribution in [2.24, 2.45) is 9.98 Å². The molecule has 0 amide bonds. The maximum atomic E-state index is 6.95. The van der Waals surface area contributed by atoms with E-state index in [1.807, 2.05) is 36.4 Å². The third kappa shape index (κ3) is 4.60. The SMILES string of the molecule is CC(C)(C=N)/N=C\N=C/I. The number of rotatable bonds is 3. The predicted octanol–water partition coefficient (Wildman–Crippen LogP) is 1.91. The van der Waals surface area contributed by atoms with Crippen molar-refractivity contribution >= 4 is 39.4 Å². The van der Waals surface area contributed by atoms with Crippen LogP contribution in [0.25, 0.3) is 0 Å². The van der Waals surface area contributed by atoms with Gasteiger partial charge in [0.2, 0.25) is 0 Å². The molecule has 0 aliphatic rings. The number of nitrogens with zero attached hydrogens (tertiary/aromatic N) is 2. The second-order valence-corrected chi connectivity index (χ2v) is 2.85. The largest absolute Gasteiger partial charge is 0.311 e. The van der Waals surface area contributed by atoms with Gasteiger partial charge in [0.05, 0.1) is 9.76 Å². The molecule has 0 saturated carbocycles. The minimum atomic E-state index is -0.414. The molecule has 0 atom stereocenters. The molecular weight excluding hydrogens is 241 g/mol. The molecule has 0 aromatic carbocycles. The van der Waals surface area contributed by atoms with E-state index in [0.717, 1.165) is 0 Å². The third-order valence-corrected chi connectivity index (χ3v) is 1.19. The van der Waals surface area contributed by atoms with E-state index in [1.165, 1.54) is 12.6 Å². The number of hydrogen-bond donors (Lipinski definition) is 1. The van der Waals surface area contributed by atoms with Crippen molar-refractivity contribution in [3.8, 4) is 0 Å². The highest BCUT2D eigenvalue weighted by atomic mass is 127. The van der Waals surface area contributed by atoms with Gasteiger partial charge in [-0.1, -0.05) is 0 Å². The van der Waals surface area contributed by atoms with Gasteiger partial charge in [0, 0.05) is 6.21 Å². The molecule has 0 radical (unpaired) electrons. The summed E-state index contributed by atoms with van der Waals surface area (Å²) in [6.07, 6.45) is 2.74. The van der Waals surface area contributed by atoms with Crippen LogP contribution in [0.1, 0.15) is 13.8 Å². The second kappa shape index (κ2) is 4.54. The number of nitrogens with one attached hydrogen (secondary N) is 1. The van der Waals surface area contributed by atoms with E-state index in [-0.39, 0.29) is 0 Å². The molecule has 0 aromatic heterocycles. The monoisotopic (exact) mass is 251 g/mol. The standard InChI is InChI=1S/C6H10IN3/c1-6(2,3-8)10-5-9-4-7/h3-5,8H,1-2H3/b8-3?,9-4-,10-5-. The Morgan fingerprint density at radius 1 is 1.50 bits per heavy atom. The van der Waals surface area contributed by atoms with Gasteiger partial charge in [-0.3, -0.25) is 4.99 Å². The maximum absolute atomic E-state index is 6.95. The van der Waals surface area contributed by atoms with Crippen LogP contribution in [-0.2, 0) is 0 Å². The first kappa shape index (κ1) is 9.74.